The van der Waals surface area contributed by atoms with E-state index in [2.05, 4.69) is 6.07 Å². The summed E-state index contributed by atoms with van der Waals surface area (Å²) in [6.07, 6.45) is 0.768. The Hall–Kier alpha value is -3.39. The molecule has 1 aromatic heterocycles. The van der Waals surface area contributed by atoms with Crippen molar-refractivity contribution in [2.75, 3.05) is 33.4 Å². The van der Waals surface area contributed by atoms with Crippen LogP contribution in [0.4, 0.5) is 4.39 Å². The number of nitrogens with zero attached hydrogens (tertiary/aromatic N) is 2. The van der Waals surface area contributed by atoms with Crippen molar-refractivity contribution in [3.8, 4) is 11.5 Å². The molecule has 2 heterocycles. The van der Waals surface area contributed by atoms with Gasteiger partial charge in [-0.05, 0) is 65.7 Å². The van der Waals surface area contributed by atoms with Gasteiger partial charge in [0.05, 0.1) is 13.2 Å². The van der Waals surface area contributed by atoms with Crippen molar-refractivity contribution in [3.05, 3.63) is 81.8 Å². The summed E-state index contributed by atoms with van der Waals surface area (Å²) in [5, 5.41) is 2.04. The Kier molecular flexibility index (Phi) is 8.25. The number of ether oxygens (including phenoxy) is 2. The highest BCUT2D eigenvalue weighted by atomic mass is 32.1. The number of hydrogen-bond donors (Lipinski definition) is 0. The molecule has 0 saturated carbocycles. The van der Waals surface area contributed by atoms with Crippen molar-refractivity contribution < 1.29 is 23.5 Å². The lowest BCUT2D eigenvalue weighted by atomic mass is 10.00. The number of benzene rings is 2. The van der Waals surface area contributed by atoms with Gasteiger partial charge in [-0.2, -0.15) is 0 Å². The number of rotatable bonds is 9. The van der Waals surface area contributed by atoms with Gasteiger partial charge in [0.25, 0.3) is 5.91 Å². The second kappa shape index (κ2) is 11.6. The molecule has 1 atom stereocenters. The van der Waals surface area contributed by atoms with E-state index in [0.717, 1.165) is 12.0 Å². The fraction of sp³-hybridized carbons (Fsp3) is 0.357. The Bertz CT molecular complexity index is 1190. The lowest BCUT2D eigenvalue weighted by Gasteiger charge is -2.37. The summed E-state index contributed by atoms with van der Waals surface area (Å²) in [4.78, 5) is 31.5. The molecule has 0 aliphatic carbocycles. The molecule has 1 aliphatic rings. The van der Waals surface area contributed by atoms with Crippen LogP contribution in [-0.4, -0.2) is 55.0 Å². The van der Waals surface area contributed by atoms with Gasteiger partial charge in [0.15, 0.2) is 0 Å². The molecule has 0 spiro atoms. The third-order valence-corrected chi connectivity index (χ3v) is 7.15. The van der Waals surface area contributed by atoms with E-state index in [1.807, 2.05) is 48.4 Å². The molecule has 3 aromatic rings. The second-order valence-electron chi connectivity index (χ2n) is 9.23. The highest BCUT2D eigenvalue weighted by molar-refractivity contribution is 7.10. The molecule has 0 unspecified atom stereocenters. The van der Waals surface area contributed by atoms with E-state index < -0.39 is 5.82 Å². The zero-order chi connectivity index (χ0) is 25.7. The van der Waals surface area contributed by atoms with E-state index in [0.29, 0.717) is 36.8 Å². The molecule has 0 fully saturated rings. The zero-order valence-electron chi connectivity index (χ0n) is 20.8. The number of thiophene rings is 1. The number of fused-ring (bicyclic) bond motifs is 1. The zero-order valence-corrected chi connectivity index (χ0v) is 21.6. The van der Waals surface area contributed by atoms with E-state index in [9.17, 15) is 14.0 Å². The monoisotopic (exact) mass is 510 g/mol. The highest BCUT2D eigenvalue weighted by Crippen LogP contribution is 2.34. The molecular formula is C28H31FN2O4S. The van der Waals surface area contributed by atoms with Gasteiger partial charge < -0.3 is 19.3 Å². The maximum absolute atomic E-state index is 13.6. The molecule has 4 rings (SSSR count). The van der Waals surface area contributed by atoms with Crippen molar-refractivity contribution >= 4 is 23.2 Å². The first-order valence-electron chi connectivity index (χ1n) is 12.0. The maximum Gasteiger partial charge on any atom is 0.254 e. The first-order chi connectivity index (χ1) is 17.4. The second-order valence-corrected chi connectivity index (χ2v) is 10.2. The first kappa shape index (κ1) is 25.7. The van der Waals surface area contributed by atoms with Gasteiger partial charge in [0.1, 0.15) is 30.5 Å². The number of carbonyl (C=O) groups is 2. The SMILES string of the molecule is COc1cccc(OC[C@H]2c3ccsc3CCN2C(=O)CN(CC(C)C)C(=O)c2ccc(F)cc2)c1. The van der Waals surface area contributed by atoms with Gasteiger partial charge in [-0.15, -0.1) is 11.3 Å². The minimum absolute atomic E-state index is 0.0521. The minimum Gasteiger partial charge on any atom is -0.497 e. The van der Waals surface area contributed by atoms with Gasteiger partial charge >= 0.3 is 0 Å². The molecule has 0 saturated heterocycles. The molecular weight excluding hydrogens is 479 g/mol. The van der Waals surface area contributed by atoms with Gasteiger partial charge in [-0.3, -0.25) is 9.59 Å². The van der Waals surface area contributed by atoms with Crippen LogP contribution in [0, 0.1) is 11.7 Å². The molecule has 0 bridgehead atoms. The Balaban J connectivity index is 1.53. The van der Waals surface area contributed by atoms with E-state index in [-0.39, 0.29) is 30.3 Å². The fourth-order valence-corrected chi connectivity index (χ4v) is 5.36. The number of halogens is 1. The summed E-state index contributed by atoms with van der Waals surface area (Å²) in [5.74, 6) is 0.702. The summed E-state index contributed by atoms with van der Waals surface area (Å²) in [7, 11) is 1.61. The first-order valence-corrected chi connectivity index (χ1v) is 12.9. The van der Waals surface area contributed by atoms with E-state index in [4.69, 9.17) is 9.47 Å². The summed E-state index contributed by atoms with van der Waals surface area (Å²) >= 11 is 1.69. The molecule has 1 aliphatic heterocycles. The van der Waals surface area contributed by atoms with Crippen LogP contribution in [0.15, 0.2) is 60.0 Å². The Labute approximate surface area is 215 Å². The molecule has 2 aromatic carbocycles. The summed E-state index contributed by atoms with van der Waals surface area (Å²) in [5.41, 5.74) is 1.45. The molecule has 0 radical (unpaired) electrons. The molecule has 2 amide bonds. The van der Waals surface area contributed by atoms with Crippen LogP contribution in [0.5, 0.6) is 11.5 Å². The molecule has 190 valence electrons. The minimum atomic E-state index is -0.406. The average molecular weight is 511 g/mol. The van der Waals surface area contributed by atoms with Crippen LogP contribution in [0.25, 0.3) is 0 Å². The number of hydrogen-bond acceptors (Lipinski definition) is 5. The summed E-state index contributed by atoms with van der Waals surface area (Å²) in [6, 6.07) is 14.6. The van der Waals surface area contributed by atoms with Gasteiger partial charge in [-0.1, -0.05) is 19.9 Å². The van der Waals surface area contributed by atoms with Crippen LogP contribution in [0.2, 0.25) is 0 Å². The van der Waals surface area contributed by atoms with Gasteiger partial charge in [0, 0.05) is 29.6 Å². The Morgan fingerprint density at radius 2 is 1.89 bits per heavy atom. The van der Waals surface area contributed by atoms with Crippen molar-refractivity contribution in [2.45, 2.75) is 26.3 Å². The average Bonchev–Trinajstić information content (AvgIpc) is 3.36. The molecule has 36 heavy (non-hydrogen) atoms. The predicted octanol–water partition coefficient (Wildman–Crippen LogP) is 5.20. The highest BCUT2D eigenvalue weighted by Gasteiger charge is 2.33. The van der Waals surface area contributed by atoms with Crippen molar-refractivity contribution in [1.82, 2.24) is 9.80 Å². The van der Waals surface area contributed by atoms with Crippen molar-refractivity contribution in [1.29, 1.82) is 0 Å². The number of amides is 2. The predicted molar refractivity (Wildman–Crippen MR) is 138 cm³/mol. The quantitative estimate of drug-likeness (QED) is 0.397. The van der Waals surface area contributed by atoms with Crippen LogP contribution in [-0.2, 0) is 11.2 Å². The van der Waals surface area contributed by atoms with E-state index >= 15 is 0 Å². The summed E-state index contributed by atoms with van der Waals surface area (Å²) < 4.78 is 24.8. The third kappa shape index (κ3) is 6.05. The Morgan fingerprint density at radius 1 is 1.14 bits per heavy atom. The maximum atomic E-state index is 13.6. The van der Waals surface area contributed by atoms with E-state index in [1.165, 1.54) is 29.1 Å². The van der Waals surface area contributed by atoms with Crippen molar-refractivity contribution in [2.24, 2.45) is 5.92 Å². The van der Waals surface area contributed by atoms with E-state index in [1.54, 1.807) is 23.3 Å². The Morgan fingerprint density at radius 3 is 2.61 bits per heavy atom. The fourth-order valence-electron chi connectivity index (χ4n) is 4.43. The number of methoxy groups -OCH3 is 1. The molecule has 0 N–H and O–H groups in total. The lowest BCUT2D eigenvalue weighted by molar-refractivity contribution is -0.135. The van der Waals surface area contributed by atoms with Crippen LogP contribution in [0.3, 0.4) is 0 Å². The third-order valence-electron chi connectivity index (χ3n) is 6.15. The van der Waals surface area contributed by atoms with Crippen LogP contribution < -0.4 is 9.47 Å². The van der Waals surface area contributed by atoms with Crippen molar-refractivity contribution in [3.63, 3.8) is 0 Å². The smallest absolute Gasteiger partial charge is 0.254 e. The molecule has 6 nitrogen and oxygen atoms in total. The molecule has 8 heteroatoms. The van der Waals surface area contributed by atoms with Gasteiger partial charge in [0.2, 0.25) is 5.91 Å². The normalized spacial score (nSPS) is 14.9. The van der Waals surface area contributed by atoms with Crippen LogP contribution >= 0.6 is 11.3 Å². The standard InChI is InChI=1S/C28H31FN2O4S/c1-19(2)16-30(28(33)20-7-9-21(29)10-8-20)17-27(32)31-13-11-26-24(12-14-36-26)25(31)18-35-23-6-4-5-22(15-23)34-3/h4-10,12,14-15,19,25H,11,13,16-18H2,1-3H3/t25-/m0/s1. The topological polar surface area (TPSA) is 59.1 Å². The number of carbonyl (C=O) groups excluding carboxylic acids is 2. The van der Waals surface area contributed by atoms with Crippen LogP contribution in [0.1, 0.15) is 40.7 Å². The summed E-state index contributed by atoms with van der Waals surface area (Å²) in [6.45, 7) is 5.21. The lowest BCUT2D eigenvalue weighted by Crippen LogP contribution is -2.48. The van der Waals surface area contributed by atoms with Gasteiger partial charge in [-0.25, -0.2) is 4.39 Å². The largest absolute Gasteiger partial charge is 0.497 e.